The van der Waals surface area contributed by atoms with Gasteiger partial charge in [0.15, 0.2) is 23.8 Å². The molecule has 0 aromatic heterocycles. The van der Waals surface area contributed by atoms with Crippen LogP contribution in [0.25, 0.3) is 0 Å². The van der Waals surface area contributed by atoms with Gasteiger partial charge >= 0.3 is 29.9 Å². The van der Waals surface area contributed by atoms with Crippen LogP contribution in [-0.4, -0.2) is 103 Å². The Morgan fingerprint density at radius 3 is 1.82 bits per heavy atom. The van der Waals surface area contributed by atoms with E-state index in [-0.39, 0.29) is 17.8 Å². The Kier molecular flexibility index (Phi) is 11.2. The van der Waals surface area contributed by atoms with Gasteiger partial charge in [-0.05, 0) is 66.9 Å². The Hall–Kier alpha value is -3.47. The molecule has 3 saturated carbocycles. The van der Waals surface area contributed by atoms with Crippen molar-refractivity contribution >= 4 is 30.2 Å². The van der Waals surface area contributed by atoms with E-state index in [4.69, 9.17) is 42.6 Å². The minimum absolute atomic E-state index is 0.0932. The molecule has 0 aromatic rings. The standard InChI is InChI=1S/C52H72O15/c1-27(54)61-32-23-31(50(58,26-53)48(11)21-15-18-44(4,5)38(32)48)42-64-43-51(66-42)34(24-33(62-28(2)55)39-45(6,7)19-16-22-49(39,51)12)52(59-13,67-43)65-36-30-25-60-41(57)35(30)47(10)20-14-17-46(8,9)40(47)37(36)63-29(3)56/h23-24,26,32-33,36-40,42-43,58H,14-22,25H2,1-13H3/t32-,33-,36+,37-,38?,39?,40?,42+,43+,47-,48+,49?,50-,51+,52+/m1/s1. The van der Waals surface area contributed by atoms with Crippen molar-refractivity contribution in [1.82, 2.24) is 0 Å². The SMILES string of the molecule is CO[C@@]1(O[C@H]2C3=C(C(=O)OC3)[C@@]3(C)CCCC(C)(C)C3[C@@H]2OC(C)=O)O[C@@H]2O[C@H](C3=C[C@@H](OC(C)=O)C4C(C)(C)CCC[C@]4(C)[C@@]3(O)C=O)O[C@@]23C1=C[C@@H](OC(C)=O)C1C(C)(C)CCCC13C. The number of rotatable bonds is 8. The fourth-order valence-electron chi connectivity index (χ4n) is 16.6. The summed E-state index contributed by atoms with van der Waals surface area (Å²) in [6.07, 6.45) is 3.84. The van der Waals surface area contributed by atoms with Gasteiger partial charge in [0.05, 0.1) is 5.57 Å². The average molecular weight is 937 g/mol. The minimum atomic E-state index is -2.18. The number of hydrogen-bond acceptors (Lipinski definition) is 15. The summed E-state index contributed by atoms with van der Waals surface area (Å²) in [4.78, 5) is 66.9. The highest BCUT2D eigenvalue weighted by molar-refractivity contribution is 5.94. The van der Waals surface area contributed by atoms with E-state index in [0.717, 1.165) is 32.1 Å². The largest absolute Gasteiger partial charge is 0.459 e. The third-order valence-electron chi connectivity index (χ3n) is 18.8. The third-order valence-corrected chi connectivity index (χ3v) is 18.8. The molecule has 67 heavy (non-hydrogen) atoms. The van der Waals surface area contributed by atoms with Gasteiger partial charge in [0.1, 0.15) is 31.0 Å². The van der Waals surface area contributed by atoms with Gasteiger partial charge in [0, 0.05) is 78.6 Å². The van der Waals surface area contributed by atoms with Crippen molar-refractivity contribution in [3.8, 4) is 0 Å². The number of carbonyl (C=O) groups is 5. The molecule has 15 atom stereocenters. The van der Waals surface area contributed by atoms with Gasteiger partial charge in [-0.25, -0.2) is 4.79 Å². The molecule has 6 aliphatic carbocycles. The predicted molar refractivity (Wildman–Crippen MR) is 238 cm³/mol. The quantitative estimate of drug-likeness (QED) is 0.0852. The Labute approximate surface area is 394 Å². The van der Waals surface area contributed by atoms with Gasteiger partial charge in [-0.2, -0.15) is 0 Å². The Morgan fingerprint density at radius 2 is 1.25 bits per heavy atom. The van der Waals surface area contributed by atoms with E-state index in [9.17, 15) is 29.1 Å². The first kappa shape index (κ1) is 48.5. The Balaban J connectivity index is 1.25. The molecular weight excluding hydrogens is 865 g/mol. The zero-order valence-corrected chi connectivity index (χ0v) is 41.7. The average Bonchev–Trinajstić information content (AvgIpc) is 3.85. The lowest BCUT2D eigenvalue weighted by molar-refractivity contribution is -0.386. The van der Waals surface area contributed by atoms with Crippen LogP contribution in [0.5, 0.6) is 0 Å². The van der Waals surface area contributed by atoms with Crippen LogP contribution < -0.4 is 0 Å². The first-order valence-corrected chi connectivity index (χ1v) is 24.4. The van der Waals surface area contributed by atoms with Crippen molar-refractivity contribution in [2.75, 3.05) is 13.7 Å². The van der Waals surface area contributed by atoms with Gasteiger partial charge in [0.25, 0.3) is 0 Å². The van der Waals surface area contributed by atoms with Gasteiger partial charge in [-0.1, -0.05) is 81.6 Å². The fraction of sp³-hybridized carbons (Fsp3) is 0.788. The summed E-state index contributed by atoms with van der Waals surface area (Å²) in [5, 5.41) is 13.1. The molecule has 370 valence electrons. The Bertz CT molecular complexity index is 2240. The van der Waals surface area contributed by atoms with Crippen molar-refractivity contribution in [2.45, 2.75) is 195 Å². The third kappa shape index (κ3) is 6.58. The van der Waals surface area contributed by atoms with Crippen LogP contribution in [0.2, 0.25) is 0 Å². The molecule has 1 spiro atoms. The second kappa shape index (κ2) is 15.5. The van der Waals surface area contributed by atoms with E-state index in [1.165, 1.54) is 27.9 Å². The monoisotopic (exact) mass is 936 g/mol. The van der Waals surface area contributed by atoms with E-state index in [1.54, 1.807) is 12.2 Å². The summed E-state index contributed by atoms with van der Waals surface area (Å²) in [7, 11) is 1.42. The molecule has 0 bridgehead atoms. The molecule has 5 fully saturated rings. The molecule has 0 amide bonds. The number of hydrogen-bond donors (Lipinski definition) is 1. The van der Waals surface area contributed by atoms with Gasteiger partial charge < -0.3 is 43.0 Å². The topological polar surface area (TPSA) is 189 Å². The predicted octanol–water partition coefficient (Wildman–Crippen LogP) is 7.11. The van der Waals surface area contributed by atoms with E-state index in [0.29, 0.717) is 43.1 Å². The number of aldehydes is 1. The molecule has 0 aromatic carbocycles. The molecule has 15 heteroatoms. The number of fused-ring (bicyclic) bond motifs is 4. The fourth-order valence-corrected chi connectivity index (χ4v) is 16.6. The number of aliphatic hydroxyl groups is 1. The second-order valence-electron chi connectivity index (χ2n) is 24.1. The first-order valence-electron chi connectivity index (χ1n) is 24.4. The van der Waals surface area contributed by atoms with Crippen molar-refractivity contribution in [2.24, 2.45) is 50.2 Å². The molecule has 4 unspecified atom stereocenters. The van der Waals surface area contributed by atoms with Crippen LogP contribution >= 0.6 is 0 Å². The maximum absolute atomic E-state index is 13.9. The van der Waals surface area contributed by atoms with Gasteiger partial charge in [-0.3, -0.25) is 23.9 Å². The highest BCUT2D eigenvalue weighted by Gasteiger charge is 2.81. The summed E-state index contributed by atoms with van der Waals surface area (Å²) < 4.78 is 60.1. The maximum Gasteiger partial charge on any atom is 0.335 e. The summed E-state index contributed by atoms with van der Waals surface area (Å²) in [6.45, 7) is 22.6. The zero-order valence-electron chi connectivity index (χ0n) is 41.7. The van der Waals surface area contributed by atoms with Crippen LogP contribution in [0.3, 0.4) is 0 Å². The first-order chi connectivity index (χ1) is 31.1. The molecule has 15 nitrogen and oxygen atoms in total. The maximum atomic E-state index is 13.9. The number of ether oxygens (including phenoxy) is 9. The highest BCUT2D eigenvalue weighted by atomic mass is 16.9. The highest BCUT2D eigenvalue weighted by Crippen LogP contribution is 2.72. The van der Waals surface area contributed by atoms with Gasteiger partial charge in [0.2, 0.25) is 6.29 Å². The lowest BCUT2D eigenvalue weighted by Gasteiger charge is -2.62. The summed E-state index contributed by atoms with van der Waals surface area (Å²) in [5.74, 6) is -5.42. The van der Waals surface area contributed by atoms with Crippen LogP contribution in [0.15, 0.2) is 34.4 Å². The number of esters is 4. The minimum Gasteiger partial charge on any atom is -0.459 e. The number of cyclic esters (lactones) is 1. The summed E-state index contributed by atoms with van der Waals surface area (Å²) in [5.41, 5.74) is -6.47. The van der Waals surface area contributed by atoms with Crippen LogP contribution in [0, 0.1) is 50.2 Å². The zero-order chi connectivity index (χ0) is 48.9. The lowest BCUT2D eigenvalue weighted by Crippen LogP contribution is -2.67. The van der Waals surface area contributed by atoms with Crippen molar-refractivity contribution in [1.29, 1.82) is 0 Å². The molecule has 2 saturated heterocycles. The summed E-state index contributed by atoms with van der Waals surface area (Å²) >= 11 is 0. The number of carbonyl (C=O) groups excluding carboxylic acids is 5. The molecule has 9 aliphatic rings. The lowest BCUT2D eigenvalue weighted by atomic mass is 9.46. The number of methoxy groups -OCH3 is 1. The van der Waals surface area contributed by atoms with E-state index < -0.39 is 128 Å². The smallest absolute Gasteiger partial charge is 0.335 e. The van der Waals surface area contributed by atoms with Crippen molar-refractivity contribution in [3.05, 3.63) is 34.4 Å². The summed E-state index contributed by atoms with van der Waals surface area (Å²) in [6, 6.07) is 0. The molecule has 0 radical (unpaired) electrons. The molecule has 3 aliphatic heterocycles. The normalized spacial score (nSPS) is 46.5. The van der Waals surface area contributed by atoms with Crippen molar-refractivity contribution < 1.29 is 71.7 Å². The molecular formula is C52H72O15. The molecule has 1 N–H and O–H groups in total. The van der Waals surface area contributed by atoms with Crippen molar-refractivity contribution in [3.63, 3.8) is 0 Å². The van der Waals surface area contributed by atoms with Crippen LogP contribution in [0.1, 0.15) is 141 Å². The Morgan fingerprint density at radius 1 is 0.716 bits per heavy atom. The van der Waals surface area contributed by atoms with E-state index >= 15 is 0 Å². The van der Waals surface area contributed by atoms with Crippen LogP contribution in [-0.2, 0) is 66.6 Å². The van der Waals surface area contributed by atoms with Gasteiger partial charge in [-0.15, -0.1) is 0 Å². The van der Waals surface area contributed by atoms with Crippen LogP contribution in [0.4, 0.5) is 0 Å². The van der Waals surface area contributed by atoms with E-state index in [1.807, 2.05) is 6.92 Å². The van der Waals surface area contributed by atoms with E-state index in [2.05, 4.69) is 55.4 Å². The molecule has 9 rings (SSSR count). The molecule has 3 heterocycles. The second-order valence-corrected chi connectivity index (χ2v) is 24.1.